The molecule has 6 heteroatoms. The lowest BCUT2D eigenvalue weighted by Gasteiger charge is -2.42. The molecule has 1 saturated heterocycles. The van der Waals surface area contributed by atoms with Gasteiger partial charge in [0.2, 0.25) is 11.7 Å². The zero-order valence-corrected chi connectivity index (χ0v) is 14.0. The molecule has 1 aliphatic heterocycles. The smallest absolute Gasteiger partial charge is 0.290 e. The molecule has 1 heterocycles. The number of hydrogen-bond acceptors (Lipinski definition) is 3. The van der Waals surface area contributed by atoms with Crippen molar-refractivity contribution in [3.05, 3.63) is 35.6 Å². The van der Waals surface area contributed by atoms with Gasteiger partial charge in [0.15, 0.2) is 0 Å². The van der Waals surface area contributed by atoms with E-state index in [-0.39, 0.29) is 29.3 Å². The molecule has 1 aromatic carbocycles. The number of hydrogen-bond donors (Lipinski definition) is 1. The summed E-state index contributed by atoms with van der Waals surface area (Å²) in [5, 5.41) is 2.92. The number of nitrogens with zero attached hydrogens (tertiary/aromatic N) is 1. The van der Waals surface area contributed by atoms with Crippen LogP contribution in [-0.4, -0.2) is 35.6 Å². The van der Waals surface area contributed by atoms with Crippen LogP contribution in [0.3, 0.4) is 0 Å². The van der Waals surface area contributed by atoms with Crippen molar-refractivity contribution in [3.63, 3.8) is 0 Å². The minimum atomic E-state index is -0.556. The second-order valence-corrected chi connectivity index (χ2v) is 7.53. The van der Waals surface area contributed by atoms with E-state index in [4.69, 9.17) is 0 Å². The van der Waals surface area contributed by atoms with E-state index < -0.39 is 11.3 Å². The molecule has 2 unspecified atom stereocenters. The normalized spacial score (nSPS) is 27.4. The molecule has 3 fully saturated rings. The van der Waals surface area contributed by atoms with Gasteiger partial charge in [0.1, 0.15) is 5.82 Å². The third-order valence-electron chi connectivity index (χ3n) is 5.90. The topological polar surface area (TPSA) is 66.5 Å². The Morgan fingerprint density at radius 3 is 2.48 bits per heavy atom. The Labute approximate surface area is 145 Å². The molecule has 2 amide bonds. The van der Waals surface area contributed by atoms with E-state index >= 15 is 0 Å². The molecule has 0 radical (unpaired) electrons. The number of carbonyl (C=O) groups is 3. The van der Waals surface area contributed by atoms with Gasteiger partial charge in [-0.3, -0.25) is 14.4 Å². The predicted octanol–water partition coefficient (Wildman–Crippen LogP) is 1.66. The van der Waals surface area contributed by atoms with Crippen LogP contribution in [0.2, 0.25) is 0 Å². The van der Waals surface area contributed by atoms with Crippen molar-refractivity contribution < 1.29 is 18.8 Å². The molecule has 0 aromatic heterocycles. The van der Waals surface area contributed by atoms with Crippen molar-refractivity contribution in [1.82, 2.24) is 10.2 Å². The summed E-state index contributed by atoms with van der Waals surface area (Å²) in [4.78, 5) is 38.7. The summed E-state index contributed by atoms with van der Waals surface area (Å²) in [6, 6.07) is 6.02. The van der Waals surface area contributed by atoms with Crippen LogP contribution in [0, 0.1) is 23.1 Å². The Balaban J connectivity index is 1.39. The molecule has 0 spiro atoms. The number of rotatable bonds is 5. The van der Waals surface area contributed by atoms with E-state index in [1.54, 1.807) is 17.0 Å². The van der Waals surface area contributed by atoms with Crippen LogP contribution < -0.4 is 5.32 Å². The van der Waals surface area contributed by atoms with Crippen molar-refractivity contribution in [2.45, 2.75) is 32.2 Å². The lowest BCUT2D eigenvalue weighted by Crippen LogP contribution is -2.52. The summed E-state index contributed by atoms with van der Waals surface area (Å²) in [6.07, 6.45) is 3.27. The molecule has 132 valence electrons. The maximum Gasteiger partial charge on any atom is 0.290 e. The molecule has 2 saturated carbocycles. The Morgan fingerprint density at radius 2 is 1.88 bits per heavy atom. The monoisotopic (exact) mass is 344 g/mol. The average molecular weight is 344 g/mol. The summed E-state index contributed by atoms with van der Waals surface area (Å²) in [5.41, 5.74) is 0.274. The van der Waals surface area contributed by atoms with Crippen molar-refractivity contribution in [2.24, 2.45) is 17.3 Å². The average Bonchev–Trinajstić information content (AvgIpc) is 3.40. The zero-order valence-electron chi connectivity index (χ0n) is 14.0. The third-order valence-corrected chi connectivity index (χ3v) is 5.90. The Bertz CT molecular complexity index is 729. The molecule has 1 N–H and O–H groups in total. The second-order valence-electron chi connectivity index (χ2n) is 7.53. The van der Waals surface area contributed by atoms with E-state index in [0.29, 0.717) is 19.6 Å². The molecular formula is C19H21FN2O3. The summed E-state index contributed by atoms with van der Waals surface area (Å²) in [6.45, 7) is 1.17. The van der Waals surface area contributed by atoms with Gasteiger partial charge in [-0.15, -0.1) is 0 Å². The number of likely N-dealkylation sites (tertiary alicyclic amines) is 1. The minimum Gasteiger partial charge on any atom is -0.351 e. The molecule has 1 aromatic rings. The highest BCUT2D eigenvalue weighted by Crippen LogP contribution is 2.52. The lowest BCUT2D eigenvalue weighted by atomic mass is 9.61. The van der Waals surface area contributed by atoms with E-state index in [2.05, 4.69) is 5.32 Å². The zero-order chi connectivity index (χ0) is 17.6. The number of carbonyl (C=O) groups excluding carboxylic acids is 3. The van der Waals surface area contributed by atoms with Gasteiger partial charge in [-0.1, -0.05) is 12.1 Å². The Hall–Kier alpha value is -2.24. The largest absolute Gasteiger partial charge is 0.351 e. The first-order valence-corrected chi connectivity index (χ1v) is 8.85. The van der Waals surface area contributed by atoms with Gasteiger partial charge in [0.25, 0.3) is 5.91 Å². The maximum atomic E-state index is 12.9. The fourth-order valence-electron chi connectivity index (χ4n) is 4.00. The lowest BCUT2D eigenvalue weighted by molar-refractivity contribution is -0.145. The van der Waals surface area contributed by atoms with E-state index in [9.17, 15) is 18.8 Å². The highest BCUT2D eigenvalue weighted by molar-refractivity contribution is 6.37. The first-order chi connectivity index (χ1) is 12.0. The van der Waals surface area contributed by atoms with Gasteiger partial charge < -0.3 is 10.2 Å². The highest BCUT2D eigenvalue weighted by Gasteiger charge is 2.59. The molecular weight excluding hydrogens is 323 g/mol. The third kappa shape index (κ3) is 2.83. The number of ketones is 1. The number of benzene rings is 1. The van der Waals surface area contributed by atoms with Crippen LogP contribution >= 0.6 is 0 Å². The quantitative estimate of drug-likeness (QED) is 0.826. The maximum absolute atomic E-state index is 12.9. The number of halogens is 1. The van der Waals surface area contributed by atoms with E-state index in [1.165, 1.54) is 12.1 Å². The predicted molar refractivity (Wildman–Crippen MR) is 87.7 cm³/mol. The number of nitrogens with one attached hydrogen (secondary N) is 1. The summed E-state index contributed by atoms with van der Waals surface area (Å²) in [7, 11) is 0. The fraction of sp³-hybridized carbons (Fsp3) is 0.526. The van der Waals surface area contributed by atoms with Crippen LogP contribution in [0.1, 0.15) is 31.2 Å². The van der Waals surface area contributed by atoms with Gasteiger partial charge in [-0.2, -0.15) is 0 Å². The van der Waals surface area contributed by atoms with Gasteiger partial charge >= 0.3 is 0 Å². The van der Waals surface area contributed by atoms with Crippen molar-refractivity contribution in [3.8, 4) is 0 Å². The van der Waals surface area contributed by atoms with Crippen LogP contribution in [-0.2, 0) is 20.9 Å². The van der Waals surface area contributed by atoms with Crippen molar-refractivity contribution in [2.75, 3.05) is 13.1 Å². The fourth-order valence-corrected chi connectivity index (χ4v) is 4.00. The molecule has 3 aliphatic rings. The Morgan fingerprint density at radius 1 is 1.16 bits per heavy atom. The SMILES string of the molecule is O=C(C(=O)N1CC2CCC2(C(=O)NCc2ccc(F)cc2)C1)C1CC1. The van der Waals surface area contributed by atoms with Gasteiger partial charge in [-0.05, 0) is 49.3 Å². The molecule has 2 aliphatic carbocycles. The standard InChI is InChI=1S/C19H21FN2O3/c20-15-5-1-12(2-6-15)9-21-18(25)19-8-7-14(19)10-22(11-19)17(24)16(23)13-3-4-13/h1-2,5-6,13-14H,3-4,7-11H2,(H,21,25). The summed E-state index contributed by atoms with van der Waals surface area (Å²) < 4.78 is 12.9. The van der Waals surface area contributed by atoms with Crippen LogP contribution in [0.4, 0.5) is 4.39 Å². The van der Waals surface area contributed by atoms with Crippen LogP contribution in [0.25, 0.3) is 0 Å². The minimum absolute atomic E-state index is 0.0674. The van der Waals surface area contributed by atoms with E-state index in [1.807, 2.05) is 0 Å². The van der Waals surface area contributed by atoms with Crippen molar-refractivity contribution >= 4 is 17.6 Å². The molecule has 25 heavy (non-hydrogen) atoms. The van der Waals surface area contributed by atoms with Crippen LogP contribution in [0.5, 0.6) is 0 Å². The molecule has 0 bridgehead atoms. The Kier molecular flexibility index (Phi) is 3.85. The summed E-state index contributed by atoms with van der Waals surface area (Å²) in [5.74, 6) is -1.03. The highest BCUT2D eigenvalue weighted by atomic mass is 19.1. The van der Waals surface area contributed by atoms with Crippen molar-refractivity contribution in [1.29, 1.82) is 0 Å². The van der Waals surface area contributed by atoms with E-state index in [0.717, 1.165) is 31.2 Å². The first kappa shape index (κ1) is 16.2. The number of amides is 2. The molecule has 2 atom stereocenters. The second kappa shape index (κ2) is 5.93. The molecule has 5 nitrogen and oxygen atoms in total. The van der Waals surface area contributed by atoms with Gasteiger partial charge in [0, 0.05) is 25.6 Å². The number of fused-ring (bicyclic) bond motifs is 1. The summed E-state index contributed by atoms with van der Waals surface area (Å²) >= 11 is 0. The van der Waals surface area contributed by atoms with Crippen LogP contribution in [0.15, 0.2) is 24.3 Å². The molecule has 4 rings (SSSR count). The van der Waals surface area contributed by atoms with Gasteiger partial charge in [0.05, 0.1) is 5.41 Å². The first-order valence-electron chi connectivity index (χ1n) is 8.85. The van der Waals surface area contributed by atoms with Gasteiger partial charge in [-0.25, -0.2) is 4.39 Å². The number of Topliss-reactive ketones (excluding diaryl/α,β-unsaturated/α-hetero) is 1.